The Morgan fingerprint density at radius 2 is 1.69 bits per heavy atom. The van der Waals surface area contributed by atoms with Crippen LogP contribution in [0.5, 0.6) is 0 Å². The minimum Gasteiger partial charge on any atom is -0.356 e. The van der Waals surface area contributed by atoms with Crippen molar-refractivity contribution in [1.82, 2.24) is 15.5 Å². The first-order chi connectivity index (χ1) is 18.9. The van der Waals surface area contributed by atoms with E-state index in [0.717, 1.165) is 18.7 Å². The van der Waals surface area contributed by atoms with Gasteiger partial charge in [-0.05, 0) is 41.3 Å². The summed E-state index contributed by atoms with van der Waals surface area (Å²) in [7, 11) is 3.11. The molecule has 10 nitrogen and oxygen atoms in total. The van der Waals surface area contributed by atoms with Gasteiger partial charge in [-0.2, -0.15) is 0 Å². The molecule has 0 radical (unpaired) electrons. The molecule has 0 heterocycles. The Balaban J connectivity index is 2.16. The topological polar surface area (TPSA) is 129 Å². The van der Waals surface area contributed by atoms with Gasteiger partial charge in [-0.3, -0.25) is 14.5 Å². The quantitative estimate of drug-likeness (QED) is 0.0558. The van der Waals surface area contributed by atoms with Gasteiger partial charge in [0.05, 0.1) is 0 Å². The standard InChI is InChI=1S/C29H36N6O4/c1-5-18-35(19-6-2)21-23-9-13-24(14-10-23)28(36)32-26(20-22-11-15-25(16-12-22)33-34-30)29(37)31-17-7-8-27(38-3)39-4/h5-6,9-16,20,27H,1-2,7-8,17-19,21H2,3-4H3,(H,31,37)(H,32,36)/b26-20+. The third kappa shape index (κ3) is 11.0. The number of amides is 2. The minimum absolute atomic E-state index is 0.0822. The fourth-order valence-electron chi connectivity index (χ4n) is 3.69. The molecule has 0 bridgehead atoms. The number of nitrogens with one attached hydrogen (secondary N) is 2. The molecule has 0 saturated carbocycles. The van der Waals surface area contributed by atoms with E-state index >= 15 is 0 Å². The predicted molar refractivity (Wildman–Crippen MR) is 153 cm³/mol. The Kier molecular flexibility index (Phi) is 13.8. The molecule has 0 saturated heterocycles. The second-order valence-corrected chi connectivity index (χ2v) is 8.56. The van der Waals surface area contributed by atoms with E-state index in [4.69, 9.17) is 15.0 Å². The molecule has 2 amide bonds. The highest BCUT2D eigenvalue weighted by atomic mass is 16.7. The zero-order chi connectivity index (χ0) is 28.5. The van der Waals surface area contributed by atoms with Gasteiger partial charge < -0.3 is 20.1 Å². The van der Waals surface area contributed by atoms with Crippen LogP contribution in [0.2, 0.25) is 0 Å². The van der Waals surface area contributed by atoms with E-state index in [1.807, 2.05) is 24.3 Å². The Morgan fingerprint density at radius 1 is 1.05 bits per heavy atom. The van der Waals surface area contributed by atoms with E-state index in [-0.39, 0.29) is 12.0 Å². The van der Waals surface area contributed by atoms with Crippen molar-refractivity contribution in [1.29, 1.82) is 0 Å². The SMILES string of the molecule is C=CCN(CC=C)Cc1ccc(C(=O)N/C(=C/c2ccc(N=[N+]=[N-])cc2)C(=O)NCCCC(OC)OC)cc1. The highest BCUT2D eigenvalue weighted by molar-refractivity contribution is 6.05. The maximum absolute atomic E-state index is 13.1. The van der Waals surface area contributed by atoms with Gasteiger partial charge in [-0.15, -0.1) is 13.2 Å². The maximum Gasteiger partial charge on any atom is 0.267 e. The summed E-state index contributed by atoms with van der Waals surface area (Å²) < 4.78 is 10.3. The Morgan fingerprint density at radius 3 is 2.26 bits per heavy atom. The number of carbonyl (C=O) groups is 2. The van der Waals surface area contributed by atoms with Crippen LogP contribution in [0.1, 0.15) is 34.3 Å². The molecule has 10 heteroatoms. The predicted octanol–water partition coefficient (Wildman–Crippen LogP) is 5.09. The molecule has 0 aromatic heterocycles. The Labute approximate surface area is 229 Å². The van der Waals surface area contributed by atoms with Gasteiger partial charge in [0.2, 0.25) is 0 Å². The number of rotatable bonds is 17. The van der Waals surface area contributed by atoms with E-state index in [1.54, 1.807) is 56.7 Å². The summed E-state index contributed by atoms with van der Waals surface area (Å²) in [5.41, 5.74) is 11.2. The first-order valence-corrected chi connectivity index (χ1v) is 12.5. The molecule has 0 aliphatic heterocycles. The third-order valence-corrected chi connectivity index (χ3v) is 5.68. The van der Waals surface area contributed by atoms with Crippen LogP contribution >= 0.6 is 0 Å². The lowest BCUT2D eigenvalue weighted by Gasteiger charge is -2.18. The molecule has 0 atom stereocenters. The summed E-state index contributed by atoms with van der Waals surface area (Å²) in [4.78, 5) is 31.0. The molecule has 206 valence electrons. The van der Waals surface area contributed by atoms with Gasteiger partial charge in [-0.1, -0.05) is 53.7 Å². The number of hydrogen-bond acceptors (Lipinski definition) is 6. The van der Waals surface area contributed by atoms with E-state index < -0.39 is 11.8 Å². The summed E-state index contributed by atoms with van der Waals surface area (Å²) in [6.45, 7) is 10.1. The van der Waals surface area contributed by atoms with Crippen molar-refractivity contribution in [2.75, 3.05) is 33.9 Å². The van der Waals surface area contributed by atoms with Crippen molar-refractivity contribution < 1.29 is 19.1 Å². The average molecular weight is 533 g/mol. The van der Waals surface area contributed by atoms with Crippen molar-refractivity contribution in [2.24, 2.45) is 5.11 Å². The molecule has 0 fully saturated rings. The van der Waals surface area contributed by atoms with Gasteiger partial charge in [-0.25, -0.2) is 0 Å². The number of ether oxygens (including phenoxy) is 2. The third-order valence-electron chi connectivity index (χ3n) is 5.68. The van der Waals surface area contributed by atoms with Gasteiger partial charge in [0, 0.05) is 63.0 Å². The van der Waals surface area contributed by atoms with Crippen LogP contribution in [-0.2, 0) is 20.8 Å². The molecular weight excluding hydrogens is 496 g/mol. The first-order valence-electron chi connectivity index (χ1n) is 12.5. The lowest BCUT2D eigenvalue weighted by molar-refractivity contribution is -0.118. The number of carbonyl (C=O) groups excluding carboxylic acids is 2. The normalized spacial score (nSPS) is 11.1. The van der Waals surface area contributed by atoms with Crippen LogP contribution in [0.15, 0.2) is 84.7 Å². The average Bonchev–Trinajstić information content (AvgIpc) is 2.94. The number of nitrogens with zero attached hydrogens (tertiary/aromatic N) is 4. The Hall–Kier alpha value is -4.21. The van der Waals surface area contributed by atoms with E-state index in [1.165, 1.54) is 0 Å². The van der Waals surface area contributed by atoms with Crippen molar-refractivity contribution in [3.05, 3.63) is 107 Å². The summed E-state index contributed by atoms with van der Waals surface area (Å²) in [5, 5.41) is 9.12. The van der Waals surface area contributed by atoms with Crippen molar-refractivity contribution in [3.63, 3.8) is 0 Å². The second kappa shape index (κ2) is 17.3. The van der Waals surface area contributed by atoms with Gasteiger partial charge in [0.15, 0.2) is 6.29 Å². The van der Waals surface area contributed by atoms with Crippen LogP contribution < -0.4 is 10.6 Å². The molecule has 39 heavy (non-hydrogen) atoms. The van der Waals surface area contributed by atoms with E-state index in [2.05, 4.69) is 38.7 Å². The highest BCUT2D eigenvalue weighted by Crippen LogP contribution is 2.16. The monoisotopic (exact) mass is 532 g/mol. The number of hydrogen-bond donors (Lipinski definition) is 2. The van der Waals surface area contributed by atoms with Gasteiger partial charge >= 0.3 is 0 Å². The summed E-state index contributed by atoms with van der Waals surface area (Å²) >= 11 is 0. The Bertz CT molecular complexity index is 1160. The molecule has 2 aromatic rings. The van der Waals surface area contributed by atoms with Crippen LogP contribution in [0.4, 0.5) is 5.69 Å². The molecule has 0 unspecified atom stereocenters. The van der Waals surface area contributed by atoms with Crippen molar-refractivity contribution in [2.45, 2.75) is 25.7 Å². The number of benzene rings is 2. The smallest absolute Gasteiger partial charge is 0.267 e. The highest BCUT2D eigenvalue weighted by Gasteiger charge is 2.15. The van der Waals surface area contributed by atoms with Crippen LogP contribution in [0.25, 0.3) is 16.5 Å². The van der Waals surface area contributed by atoms with Crippen molar-refractivity contribution in [3.8, 4) is 0 Å². The fraction of sp³-hybridized carbons (Fsp3) is 0.310. The molecule has 0 spiro atoms. The fourth-order valence-corrected chi connectivity index (χ4v) is 3.69. The molecular formula is C29H36N6O4. The number of methoxy groups -OCH3 is 2. The first kappa shape index (κ1) is 31.0. The summed E-state index contributed by atoms with van der Waals surface area (Å²) in [6, 6.07) is 13.9. The molecule has 0 aliphatic rings. The maximum atomic E-state index is 13.1. The van der Waals surface area contributed by atoms with E-state index in [0.29, 0.717) is 42.7 Å². The molecule has 0 aliphatic carbocycles. The van der Waals surface area contributed by atoms with Crippen LogP contribution in [-0.4, -0.2) is 56.9 Å². The van der Waals surface area contributed by atoms with Crippen LogP contribution in [0.3, 0.4) is 0 Å². The molecule has 2 N–H and O–H groups in total. The zero-order valence-electron chi connectivity index (χ0n) is 22.5. The summed E-state index contributed by atoms with van der Waals surface area (Å²) in [5.74, 6) is -0.850. The molecule has 2 rings (SSSR count). The molecule has 2 aromatic carbocycles. The second-order valence-electron chi connectivity index (χ2n) is 8.56. The lowest BCUT2D eigenvalue weighted by atomic mass is 10.1. The largest absolute Gasteiger partial charge is 0.356 e. The van der Waals surface area contributed by atoms with Gasteiger partial charge in [0.25, 0.3) is 11.8 Å². The van der Waals surface area contributed by atoms with Gasteiger partial charge in [0.1, 0.15) is 5.70 Å². The zero-order valence-corrected chi connectivity index (χ0v) is 22.5. The summed E-state index contributed by atoms with van der Waals surface area (Å²) in [6.07, 6.45) is 6.11. The van der Waals surface area contributed by atoms with E-state index in [9.17, 15) is 9.59 Å². The van der Waals surface area contributed by atoms with Crippen molar-refractivity contribution >= 4 is 23.6 Å². The lowest BCUT2D eigenvalue weighted by Crippen LogP contribution is -2.35. The number of azide groups is 1. The minimum atomic E-state index is -0.435. The van der Waals surface area contributed by atoms with Crippen LogP contribution in [0, 0.1) is 0 Å².